The van der Waals surface area contributed by atoms with Gasteiger partial charge in [-0.3, -0.25) is 10.1 Å². The number of halogens is 1. The second-order valence-electron chi connectivity index (χ2n) is 4.76. The predicted molar refractivity (Wildman–Crippen MR) is 76.7 cm³/mol. The summed E-state index contributed by atoms with van der Waals surface area (Å²) in [6.07, 6.45) is 1.77. The highest BCUT2D eigenvalue weighted by Crippen LogP contribution is 2.27. The summed E-state index contributed by atoms with van der Waals surface area (Å²) in [6, 6.07) is 11.9. The highest BCUT2D eigenvalue weighted by Gasteiger charge is 2.14. The molecule has 0 saturated carbocycles. The van der Waals surface area contributed by atoms with Crippen LogP contribution in [0.15, 0.2) is 42.6 Å². The standard InChI is InChI=1S/C16H14FN3/c1-10-8-14(16-15(17)11(2)19-20-16)18-9-13(10)12-6-4-3-5-7-12/h3-9H,1-2H3,(H,19,20). The molecule has 100 valence electrons. The van der Waals surface area contributed by atoms with Crippen molar-refractivity contribution in [3.05, 3.63) is 59.7 Å². The van der Waals surface area contributed by atoms with E-state index in [4.69, 9.17) is 0 Å². The molecule has 3 rings (SSSR count). The van der Waals surface area contributed by atoms with Crippen LogP contribution in [0.2, 0.25) is 0 Å². The van der Waals surface area contributed by atoms with Crippen LogP contribution in [0.25, 0.3) is 22.5 Å². The van der Waals surface area contributed by atoms with Crippen molar-refractivity contribution in [3.8, 4) is 22.5 Å². The predicted octanol–water partition coefficient (Wildman–Crippen LogP) is 3.89. The average Bonchev–Trinajstić information content (AvgIpc) is 2.80. The Bertz CT molecular complexity index is 748. The minimum atomic E-state index is -0.343. The van der Waals surface area contributed by atoms with Gasteiger partial charge < -0.3 is 0 Å². The maximum absolute atomic E-state index is 13.9. The Kier molecular flexibility index (Phi) is 3.06. The van der Waals surface area contributed by atoms with Crippen molar-refractivity contribution in [1.82, 2.24) is 15.2 Å². The average molecular weight is 267 g/mol. The van der Waals surface area contributed by atoms with Gasteiger partial charge in [0.05, 0.1) is 11.4 Å². The molecule has 0 amide bonds. The molecule has 2 heterocycles. The van der Waals surface area contributed by atoms with Gasteiger partial charge in [-0.15, -0.1) is 0 Å². The third kappa shape index (κ3) is 2.09. The summed E-state index contributed by atoms with van der Waals surface area (Å²) in [5, 5.41) is 6.60. The van der Waals surface area contributed by atoms with Crippen LogP contribution < -0.4 is 0 Å². The lowest BCUT2D eigenvalue weighted by molar-refractivity contribution is 0.622. The molecule has 0 radical (unpaired) electrons. The number of aromatic nitrogens is 3. The van der Waals surface area contributed by atoms with E-state index in [0.717, 1.165) is 16.7 Å². The third-order valence-electron chi connectivity index (χ3n) is 3.31. The van der Waals surface area contributed by atoms with Crippen molar-refractivity contribution in [1.29, 1.82) is 0 Å². The highest BCUT2D eigenvalue weighted by atomic mass is 19.1. The van der Waals surface area contributed by atoms with Crippen molar-refractivity contribution < 1.29 is 4.39 Å². The van der Waals surface area contributed by atoms with E-state index in [1.54, 1.807) is 13.1 Å². The zero-order chi connectivity index (χ0) is 14.1. The summed E-state index contributed by atoms with van der Waals surface area (Å²) in [5.41, 5.74) is 4.42. The summed E-state index contributed by atoms with van der Waals surface area (Å²) >= 11 is 0. The minimum absolute atomic E-state index is 0.269. The maximum atomic E-state index is 13.9. The molecule has 0 atom stereocenters. The summed E-state index contributed by atoms with van der Waals surface area (Å²) in [4.78, 5) is 4.34. The van der Waals surface area contributed by atoms with Crippen LogP contribution in [-0.4, -0.2) is 15.2 Å². The number of nitrogens with zero attached hydrogens (tertiary/aromatic N) is 2. The van der Waals surface area contributed by atoms with Gasteiger partial charge >= 0.3 is 0 Å². The first-order valence-corrected chi connectivity index (χ1v) is 6.39. The summed E-state index contributed by atoms with van der Waals surface area (Å²) in [7, 11) is 0. The van der Waals surface area contributed by atoms with E-state index in [-0.39, 0.29) is 11.5 Å². The van der Waals surface area contributed by atoms with Gasteiger partial charge in [0.15, 0.2) is 5.82 Å². The Hall–Kier alpha value is -2.49. The second-order valence-corrected chi connectivity index (χ2v) is 4.76. The number of H-pyrrole nitrogens is 1. The van der Waals surface area contributed by atoms with E-state index in [1.807, 2.05) is 43.3 Å². The molecule has 0 fully saturated rings. The first-order chi connectivity index (χ1) is 9.66. The van der Waals surface area contributed by atoms with Gasteiger partial charge in [0.25, 0.3) is 0 Å². The number of nitrogens with one attached hydrogen (secondary N) is 1. The molecular weight excluding hydrogens is 253 g/mol. The molecule has 0 aliphatic heterocycles. The van der Waals surface area contributed by atoms with Crippen LogP contribution in [0.3, 0.4) is 0 Å². The molecule has 0 aliphatic rings. The third-order valence-corrected chi connectivity index (χ3v) is 3.31. The number of hydrogen-bond donors (Lipinski definition) is 1. The molecular formula is C16H14FN3. The van der Waals surface area contributed by atoms with Crippen molar-refractivity contribution >= 4 is 0 Å². The Balaban J connectivity index is 2.06. The number of rotatable bonds is 2. The van der Waals surface area contributed by atoms with Crippen LogP contribution in [0.4, 0.5) is 4.39 Å². The normalized spacial score (nSPS) is 10.8. The van der Waals surface area contributed by atoms with Crippen LogP contribution in [0.5, 0.6) is 0 Å². The number of aryl methyl sites for hydroxylation is 2. The Morgan fingerprint density at radius 1 is 1.10 bits per heavy atom. The van der Waals surface area contributed by atoms with Crippen molar-refractivity contribution in [3.63, 3.8) is 0 Å². The van der Waals surface area contributed by atoms with Gasteiger partial charge in [-0.25, -0.2) is 4.39 Å². The van der Waals surface area contributed by atoms with Crippen molar-refractivity contribution in [2.45, 2.75) is 13.8 Å². The first-order valence-electron chi connectivity index (χ1n) is 6.39. The monoisotopic (exact) mass is 267 g/mol. The van der Waals surface area contributed by atoms with Crippen LogP contribution in [-0.2, 0) is 0 Å². The maximum Gasteiger partial charge on any atom is 0.173 e. The van der Waals surface area contributed by atoms with Crippen LogP contribution in [0.1, 0.15) is 11.3 Å². The molecule has 0 spiro atoms. The smallest absolute Gasteiger partial charge is 0.173 e. The lowest BCUT2D eigenvalue weighted by Crippen LogP contribution is -1.91. The van der Waals surface area contributed by atoms with E-state index in [0.29, 0.717) is 11.4 Å². The minimum Gasteiger partial charge on any atom is -0.279 e. The number of hydrogen-bond acceptors (Lipinski definition) is 2. The Morgan fingerprint density at radius 3 is 2.45 bits per heavy atom. The quantitative estimate of drug-likeness (QED) is 0.765. The van der Waals surface area contributed by atoms with E-state index in [9.17, 15) is 4.39 Å². The highest BCUT2D eigenvalue weighted by molar-refractivity contribution is 5.69. The molecule has 0 aliphatic carbocycles. The summed E-state index contributed by atoms with van der Waals surface area (Å²) in [6.45, 7) is 3.64. The molecule has 0 bridgehead atoms. The number of benzene rings is 1. The Morgan fingerprint density at radius 2 is 1.85 bits per heavy atom. The molecule has 1 N–H and O–H groups in total. The molecule has 4 heteroatoms. The van der Waals surface area contributed by atoms with Gasteiger partial charge in [0, 0.05) is 11.8 Å². The zero-order valence-electron chi connectivity index (χ0n) is 11.3. The fraction of sp³-hybridized carbons (Fsp3) is 0.125. The fourth-order valence-corrected chi connectivity index (χ4v) is 2.19. The van der Waals surface area contributed by atoms with Gasteiger partial charge in [-0.2, -0.15) is 5.10 Å². The molecule has 1 aromatic carbocycles. The number of pyridine rings is 1. The van der Waals surface area contributed by atoms with Gasteiger partial charge in [0.2, 0.25) is 0 Å². The van der Waals surface area contributed by atoms with Gasteiger partial charge in [-0.05, 0) is 31.0 Å². The molecule has 3 aromatic rings. The van der Waals surface area contributed by atoms with E-state index >= 15 is 0 Å². The molecule has 20 heavy (non-hydrogen) atoms. The van der Waals surface area contributed by atoms with E-state index in [1.165, 1.54) is 0 Å². The van der Waals surface area contributed by atoms with Crippen molar-refractivity contribution in [2.24, 2.45) is 0 Å². The molecule has 2 aromatic heterocycles. The van der Waals surface area contributed by atoms with Gasteiger partial charge in [0.1, 0.15) is 5.69 Å². The van der Waals surface area contributed by atoms with Gasteiger partial charge in [-0.1, -0.05) is 30.3 Å². The second kappa shape index (κ2) is 4.89. The fourth-order valence-electron chi connectivity index (χ4n) is 2.19. The largest absolute Gasteiger partial charge is 0.279 e. The molecule has 3 nitrogen and oxygen atoms in total. The topological polar surface area (TPSA) is 41.6 Å². The SMILES string of the molecule is Cc1cc(-c2n[nH]c(C)c2F)ncc1-c1ccccc1. The molecule has 0 saturated heterocycles. The lowest BCUT2D eigenvalue weighted by atomic mass is 10.0. The molecule has 0 unspecified atom stereocenters. The van der Waals surface area contributed by atoms with Crippen LogP contribution >= 0.6 is 0 Å². The zero-order valence-corrected chi connectivity index (χ0v) is 11.3. The summed E-state index contributed by atoms with van der Waals surface area (Å²) in [5.74, 6) is -0.343. The lowest BCUT2D eigenvalue weighted by Gasteiger charge is -2.07. The Labute approximate surface area is 116 Å². The van der Waals surface area contributed by atoms with E-state index in [2.05, 4.69) is 15.2 Å². The van der Waals surface area contributed by atoms with Crippen molar-refractivity contribution in [2.75, 3.05) is 0 Å². The first kappa shape index (κ1) is 12.5. The van der Waals surface area contributed by atoms with Crippen LogP contribution in [0, 0.1) is 19.7 Å². The summed E-state index contributed by atoms with van der Waals surface area (Å²) < 4.78 is 13.9. The van der Waals surface area contributed by atoms with E-state index < -0.39 is 0 Å². The number of aromatic amines is 1.